The average molecular weight is 238 g/mol. The lowest BCUT2D eigenvalue weighted by Crippen LogP contribution is -2.34. The highest BCUT2D eigenvalue weighted by molar-refractivity contribution is 5.06. The van der Waals surface area contributed by atoms with Crippen LogP contribution in [0.25, 0.3) is 0 Å². The van der Waals surface area contributed by atoms with Gasteiger partial charge >= 0.3 is 0 Å². The van der Waals surface area contributed by atoms with Gasteiger partial charge in [-0.15, -0.1) is 0 Å². The Morgan fingerprint density at radius 3 is 2.76 bits per heavy atom. The van der Waals surface area contributed by atoms with Gasteiger partial charge in [-0.1, -0.05) is 6.92 Å². The minimum Gasteiger partial charge on any atom is -0.314 e. The highest BCUT2D eigenvalue weighted by Gasteiger charge is 2.10. The molecule has 0 spiro atoms. The van der Waals surface area contributed by atoms with E-state index >= 15 is 0 Å². The molecule has 1 aromatic heterocycles. The van der Waals surface area contributed by atoms with Gasteiger partial charge in [0.05, 0.1) is 6.20 Å². The Morgan fingerprint density at radius 2 is 2.24 bits per heavy atom. The molecule has 98 valence electrons. The van der Waals surface area contributed by atoms with Crippen molar-refractivity contribution in [2.45, 2.75) is 32.2 Å². The van der Waals surface area contributed by atoms with Crippen LogP contribution in [0.3, 0.4) is 0 Å². The van der Waals surface area contributed by atoms with Crippen LogP contribution in [0.5, 0.6) is 0 Å². The predicted octanol–water partition coefficient (Wildman–Crippen LogP) is 1.28. The summed E-state index contributed by atoms with van der Waals surface area (Å²) < 4.78 is 1.87. The van der Waals surface area contributed by atoms with Crippen LogP contribution in [0.15, 0.2) is 12.4 Å². The zero-order valence-electron chi connectivity index (χ0n) is 11.6. The zero-order valence-corrected chi connectivity index (χ0v) is 11.6. The first kappa shape index (κ1) is 14.2. The Hall–Kier alpha value is -0.870. The van der Waals surface area contributed by atoms with Crippen molar-refractivity contribution in [3.05, 3.63) is 18.0 Å². The second-order valence-corrected chi connectivity index (χ2v) is 4.97. The third-order valence-electron chi connectivity index (χ3n) is 2.85. The van der Waals surface area contributed by atoms with Gasteiger partial charge in [0.1, 0.15) is 0 Å². The standard InChI is InChI=1S/C13H26N4/c1-5-7-14-13(6-8-16(2)3)9-12-10-15-17(4)11-12/h10-11,13-14H,5-9H2,1-4H3. The molecule has 0 aromatic carbocycles. The molecule has 4 heteroatoms. The van der Waals surface area contributed by atoms with Gasteiger partial charge < -0.3 is 10.2 Å². The molecule has 1 rings (SSSR count). The van der Waals surface area contributed by atoms with E-state index in [0.29, 0.717) is 6.04 Å². The van der Waals surface area contributed by atoms with E-state index in [1.807, 2.05) is 17.9 Å². The number of nitrogens with zero attached hydrogens (tertiary/aromatic N) is 3. The normalized spacial score (nSPS) is 13.2. The van der Waals surface area contributed by atoms with Crippen LogP contribution < -0.4 is 5.32 Å². The van der Waals surface area contributed by atoms with Crippen LogP contribution in [0.1, 0.15) is 25.3 Å². The van der Waals surface area contributed by atoms with Gasteiger partial charge in [0, 0.05) is 19.3 Å². The van der Waals surface area contributed by atoms with Crippen molar-refractivity contribution in [1.82, 2.24) is 20.0 Å². The van der Waals surface area contributed by atoms with Gasteiger partial charge in [-0.3, -0.25) is 4.68 Å². The van der Waals surface area contributed by atoms with Gasteiger partial charge in [0.15, 0.2) is 0 Å². The smallest absolute Gasteiger partial charge is 0.0522 e. The topological polar surface area (TPSA) is 33.1 Å². The van der Waals surface area contributed by atoms with Crippen molar-refractivity contribution in [3.8, 4) is 0 Å². The molecule has 1 atom stereocenters. The lowest BCUT2D eigenvalue weighted by atomic mass is 10.1. The third-order valence-corrected chi connectivity index (χ3v) is 2.85. The Kier molecular flexibility index (Phi) is 6.22. The molecule has 0 saturated carbocycles. The highest BCUT2D eigenvalue weighted by atomic mass is 15.2. The van der Waals surface area contributed by atoms with E-state index in [0.717, 1.165) is 19.5 Å². The Morgan fingerprint density at radius 1 is 1.47 bits per heavy atom. The maximum atomic E-state index is 4.22. The van der Waals surface area contributed by atoms with E-state index < -0.39 is 0 Å². The van der Waals surface area contributed by atoms with Crippen LogP contribution >= 0.6 is 0 Å². The van der Waals surface area contributed by atoms with Gasteiger partial charge in [0.25, 0.3) is 0 Å². The maximum absolute atomic E-state index is 4.22. The lowest BCUT2D eigenvalue weighted by Gasteiger charge is -2.20. The van der Waals surface area contributed by atoms with E-state index in [1.54, 1.807) is 0 Å². The quantitative estimate of drug-likeness (QED) is 0.741. The van der Waals surface area contributed by atoms with Crippen molar-refractivity contribution in [2.75, 3.05) is 27.2 Å². The molecule has 1 heterocycles. The first-order valence-corrected chi connectivity index (χ1v) is 6.47. The number of nitrogens with one attached hydrogen (secondary N) is 1. The Balaban J connectivity index is 2.44. The fraction of sp³-hybridized carbons (Fsp3) is 0.769. The van der Waals surface area contributed by atoms with Gasteiger partial charge in [0.2, 0.25) is 0 Å². The molecule has 1 aromatic rings. The largest absolute Gasteiger partial charge is 0.314 e. The lowest BCUT2D eigenvalue weighted by molar-refractivity contribution is 0.356. The molecule has 0 bridgehead atoms. The molecule has 1 N–H and O–H groups in total. The molecular formula is C13H26N4. The number of hydrogen-bond acceptors (Lipinski definition) is 3. The molecule has 1 unspecified atom stereocenters. The molecule has 0 saturated heterocycles. The van der Waals surface area contributed by atoms with Crippen LogP contribution in [-0.2, 0) is 13.5 Å². The van der Waals surface area contributed by atoms with Crippen molar-refractivity contribution in [3.63, 3.8) is 0 Å². The summed E-state index contributed by atoms with van der Waals surface area (Å²) in [6.45, 7) is 4.43. The van der Waals surface area contributed by atoms with Gasteiger partial charge in [-0.25, -0.2) is 0 Å². The summed E-state index contributed by atoms with van der Waals surface area (Å²) in [4.78, 5) is 2.24. The molecule has 0 radical (unpaired) electrons. The molecule has 0 aliphatic carbocycles. The summed E-state index contributed by atoms with van der Waals surface area (Å²) in [5, 5.41) is 7.84. The van der Waals surface area contributed by atoms with Crippen LogP contribution in [0, 0.1) is 0 Å². The highest BCUT2D eigenvalue weighted by Crippen LogP contribution is 2.05. The molecule has 0 amide bonds. The fourth-order valence-electron chi connectivity index (χ4n) is 1.90. The van der Waals surface area contributed by atoms with Crippen molar-refractivity contribution >= 4 is 0 Å². The summed E-state index contributed by atoms with van der Waals surface area (Å²) in [5.41, 5.74) is 1.32. The molecule has 17 heavy (non-hydrogen) atoms. The van der Waals surface area contributed by atoms with Crippen molar-refractivity contribution < 1.29 is 0 Å². The predicted molar refractivity (Wildman–Crippen MR) is 72.2 cm³/mol. The van der Waals surface area contributed by atoms with Gasteiger partial charge in [-0.05, 0) is 52.0 Å². The summed E-state index contributed by atoms with van der Waals surface area (Å²) in [7, 11) is 6.22. The second kappa shape index (κ2) is 7.45. The van der Waals surface area contributed by atoms with E-state index in [4.69, 9.17) is 0 Å². The van der Waals surface area contributed by atoms with Crippen LogP contribution in [0.2, 0.25) is 0 Å². The third kappa shape index (κ3) is 5.84. The van der Waals surface area contributed by atoms with Crippen LogP contribution in [0.4, 0.5) is 0 Å². The van der Waals surface area contributed by atoms with Crippen molar-refractivity contribution in [1.29, 1.82) is 0 Å². The number of aromatic nitrogens is 2. The Labute approximate surface area is 105 Å². The van der Waals surface area contributed by atoms with Crippen LogP contribution in [-0.4, -0.2) is 47.9 Å². The number of aryl methyl sites for hydroxylation is 1. The summed E-state index contributed by atoms with van der Waals surface area (Å²) in [6.07, 6.45) is 7.52. The SMILES string of the molecule is CCCNC(CCN(C)C)Cc1cnn(C)c1. The zero-order chi connectivity index (χ0) is 12.7. The molecular weight excluding hydrogens is 212 g/mol. The maximum Gasteiger partial charge on any atom is 0.0522 e. The van der Waals surface area contributed by atoms with E-state index in [1.165, 1.54) is 18.4 Å². The average Bonchev–Trinajstić information content (AvgIpc) is 2.68. The fourth-order valence-corrected chi connectivity index (χ4v) is 1.90. The summed E-state index contributed by atoms with van der Waals surface area (Å²) in [5.74, 6) is 0. The minimum absolute atomic E-state index is 0.557. The van der Waals surface area contributed by atoms with Gasteiger partial charge in [-0.2, -0.15) is 5.10 Å². The molecule has 0 aliphatic heterocycles. The van der Waals surface area contributed by atoms with E-state index in [9.17, 15) is 0 Å². The first-order valence-electron chi connectivity index (χ1n) is 6.47. The molecule has 4 nitrogen and oxygen atoms in total. The van der Waals surface area contributed by atoms with Crippen molar-refractivity contribution in [2.24, 2.45) is 7.05 Å². The number of hydrogen-bond donors (Lipinski definition) is 1. The summed E-state index contributed by atoms with van der Waals surface area (Å²) in [6, 6.07) is 0.557. The monoisotopic (exact) mass is 238 g/mol. The van der Waals surface area contributed by atoms with E-state index in [2.05, 4.69) is 42.5 Å². The minimum atomic E-state index is 0.557. The number of rotatable bonds is 8. The Bertz CT molecular complexity index is 306. The first-order chi connectivity index (χ1) is 8.11. The molecule has 0 aliphatic rings. The molecule has 0 fully saturated rings. The summed E-state index contributed by atoms with van der Waals surface area (Å²) >= 11 is 0. The van der Waals surface area contributed by atoms with E-state index in [-0.39, 0.29) is 0 Å². The second-order valence-electron chi connectivity index (χ2n) is 4.97.